The Kier molecular flexibility index (Phi) is 5.03. The Morgan fingerprint density at radius 3 is 2.52 bits per heavy atom. The minimum Gasteiger partial charge on any atom is -0.480 e. The zero-order valence-corrected chi connectivity index (χ0v) is 14.9. The van der Waals surface area contributed by atoms with Crippen molar-refractivity contribution in [3.05, 3.63) is 71.8 Å². The minimum absolute atomic E-state index is 0.126. The van der Waals surface area contributed by atoms with Crippen LogP contribution < -0.4 is 10.1 Å². The average molecular weight is 333 g/mol. The number of nitrogens with one attached hydrogen (secondary N) is 1. The van der Waals surface area contributed by atoms with E-state index in [1.54, 1.807) is 0 Å². The van der Waals surface area contributed by atoms with Gasteiger partial charge in [-0.05, 0) is 60.4 Å². The molecular formula is C22H23NO2. The van der Waals surface area contributed by atoms with E-state index in [0.29, 0.717) is 6.42 Å². The topological polar surface area (TPSA) is 38.3 Å². The van der Waals surface area contributed by atoms with E-state index in [0.717, 1.165) is 33.3 Å². The summed E-state index contributed by atoms with van der Waals surface area (Å²) in [5.74, 6) is 0.638. The molecule has 0 aliphatic carbocycles. The number of carbonyl (C=O) groups is 1. The fraction of sp³-hybridized carbons (Fsp3) is 0.227. The van der Waals surface area contributed by atoms with Crippen molar-refractivity contribution < 1.29 is 9.53 Å². The third kappa shape index (κ3) is 4.00. The Balaban J connectivity index is 1.76. The first kappa shape index (κ1) is 17.0. The molecule has 3 aromatic rings. The number of ether oxygens (including phenoxy) is 1. The zero-order valence-electron chi connectivity index (χ0n) is 14.9. The molecule has 0 saturated carbocycles. The summed E-state index contributed by atoms with van der Waals surface area (Å²) in [4.78, 5) is 12.6. The Hall–Kier alpha value is -2.81. The van der Waals surface area contributed by atoms with Crippen LogP contribution in [0.2, 0.25) is 0 Å². The molecule has 25 heavy (non-hydrogen) atoms. The number of benzene rings is 3. The van der Waals surface area contributed by atoms with Crippen molar-refractivity contribution >= 4 is 22.4 Å². The third-order valence-corrected chi connectivity index (χ3v) is 4.29. The van der Waals surface area contributed by atoms with E-state index in [1.165, 1.54) is 0 Å². The van der Waals surface area contributed by atoms with Crippen molar-refractivity contribution in [2.75, 3.05) is 5.32 Å². The predicted octanol–water partition coefficient (Wildman–Crippen LogP) is 5.25. The first-order valence-electron chi connectivity index (χ1n) is 8.60. The highest BCUT2D eigenvalue weighted by atomic mass is 16.5. The summed E-state index contributed by atoms with van der Waals surface area (Å²) >= 11 is 0. The molecule has 0 unspecified atom stereocenters. The summed E-state index contributed by atoms with van der Waals surface area (Å²) < 4.78 is 5.98. The molecule has 1 amide bonds. The Morgan fingerprint density at radius 2 is 1.76 bits per heavy atom. The van der Waals surface area contributed by atoms with Gasteiger partial charge in [0.25, 0.3) is 5.91 Å². The molecule has 0 bridgehead atoms. The molecule has 0 spiro atoms. The summed E-state index contributed by atoms with van der Waals surface area (Å²) in [7, 11) is 0. The number of amides is 1. The van der Waals surface area contributed by atoms with Gasteiger partial charge in [-0.25, -0.2) is 0 Å². The second-order valence-corrected chi connectivity index (χ2v) is 6.33. The maximum absolute atomic E-state index is 12.6. The van der Waals surface area contributed by atoms with Gasteiger partial charge in [0.2, 0.25) is 0 Å². The van der Waals surface area contributed by atoms with Crippen LogP contribution in [-0.2, 0) is 4.79 Å². The average Bonchev–Trinajstić information content (AvgIpc) is 2.62. The van der Waals surface area contributed by atoms with Crippen LogP contribution in [0.3, 0.4) is 0 Å². The molecule has 3 nitrogen and oxygen atoms in total. The number of hydrogen-bond acceptors (Lipinski definition) is 2. The number of fused-ring (bicyclic) bond motifs is 1. The van der Waals surface area contributed by atoms with Crippen LogP contribution in [-0.4, -0.2) is 12.0 Å². The lowest BCUT2D eigenvalue weighted by molar-refractivity contribution is -0.122. The Labute approximate surface area is 148 Å². The number of hydrogen-bond donors (Lipinski definition) is 1. The molecule has 3 aromatic carbocycles. The molecule has 0 fully saturated rings. The fourth-order valence-electron chi connectivity index (χ4n) is 2.80. The van der Waals surface area contributed by atoms with Crippen LogP contribution in [0.1, 0.15) is 24.5 Å². The van der Waals surface area contributed by atoms with E-state index >= 15 is 0 Å². The lowest BCUT2D eigenvalue weighted by Crippen LogP contribution is -2.32. The second kappa shape index (κ2) is 7.39. The predicted molar refractivity (Wildman–Crippen MR) is 103 cm³/mol. The maximum Gasteiger partial charge on any atom is 0.265 e. The standard InChI is InChI=1S/C22H23NO2/c1-4-20(25-21-13-15(2)9-10-16(21)3)22(24)23-19-12-11-17-7-5-6-8-18(17)14-19/h5-14,20H,4H2,1-3H3,(H,23,24)/t20-/m0/s1. The van der Waals surface area contributed by atoms with Crippen LogP contribution in [0, 0.1) is 13.8 Å². The van der Waals surface area contributed by atoms with Crippen LogP contribution in [0.4, 0.5) is 5.69 Å². The number of rotatable bonds is 5. The van der Waals surface area contributed by atoms with Gasteiger partial charge in [0.05, 0.1) is 0 Å². The van der Waals surface area contributed by atoms with Gasteiger partial charge in [0.1, 0.15) is 5.75 Å². The highest BCUT2D eigenvalue weighted by Gasteiger charge is 2.19. The smallest absolute Gasteiger partial charge is 0.265 e. The molecule has 0 heterocycles. The zero-order chi connectivity index (χ0) is 17.8. The van der Waals surface area contributed by atoms with E-state index in [-0.39, 0.29) is 5.91 Å². The summed E-state index contributed by atoms with van der Waals surface area (Å²) in [6.07, 6.45) is 0.0826. The summed E-state index contributed by atoms with van der Waals surface area (Å²) in [6.45, 7) is 5.96. The van der Waals surface area contributed by atoms with Crippen LogP contribution >= 0.6 is 0 Å². The molecule has 1 atom stereocenters. The number of aryl methyl sites for hydroxylation is 2. The summed E-state index contributed by atoms with van der Waals surface area (Å²) in [6, 6.07) is 20.0. The van der Waals surface area contributed by atoms with Crippen LogP contribution in [0.5, 0.6) is 5.75 Å². The van der Waals surface area contributed by atoms with Crippen molar-refractivity contribution in [2.45, 2.75) is 33.3 Å². The molecule has 0 aliphatic heterocycles. The SMILES string of the molecule is CC[C@H](Oc1cc(C)ccc1C)C(=O)Nc1ccc2ccccc2c1. The first-order chi connectivity index (χ1) is 12.1. The quantitative estimate of drug-likeness (QED) is 0.692. The van der Waals surface area contributed by atoms with Crippen molar-refractivity contribution in [2.24, 2.45) is 0 Å². The van der Waals surface area contributed by atoms with Gasteiger partial charge in [-0.2, -0.15) is 0 Å². The lowest BCUT2D eigenvalue weighted by Gasteiger charge is -2.19. The van der Waals surface area contributed by atoms with E-state index in [9.17, 15) is 4.79 Å². The van der Waals surface area contributed by atoms with Crippen molar-refractivity contribution in [3.8, 4) is 5.75 Å². The Morgan fingerprint density at radius 1 is 1.00 bits per heavy atom. The number of anilines is 1. The lowest BCUT2D eigenvalue weighted by atomic mass is 10.1. The van der Waals surface area contributed by atoms with Crippen molar-refractivity contribution in [3.63, 3.8) is 0 Å². The van der Waals surface area contributed by atoms with Gasteiger partial charge in [0, 0.05) is 5.69 Å². The fourth-order valence-corrected chi connectivity index (χ4v) is 2.80. The molecule has 0 saturated heterocycles. The van der Waals surface area contributed by atoms with Gasteiger partial charge in [-0.1, -0.05) is 49.4 Å². The molecule has 3 heteroatoms. The second-order valence-electron chi connectivity index (χ2n) is 6.33. The van der Waals surface area contributed by atoms with Crippen LogP contribution in [0.25, 0.3) is 10.8 Å². The minimum atomic E-state index is -0.521. The maximum atomic E-state index is 12.6. The van der Waals surface area contributed by atoms with Gasteiger partial charge in [-0.3, -0.25) is 4.79 Å². The molecule has 0 aromatic heterocycles. The summed E-state index contributed by atoms with van der Waals surface area (Å²) in [5, 5.41) is 5.23. The van der Waals surface area contributed by atoms with Crippen molar-refractivity contribution in [1.29, 1.82) is 0 Å². The highest BCUT2D eigenvalue weighted by molar-refractivity contribution is 5.96. The Bertz CT molecular complexity index is 901. The molecular weight excluding hydrogens is 310 g/mol. The monoisotopic (exact) mass is 333 g/mol. The normalized spacial score (nSPS) is 12.0. The van der Waals surface area contributed by atoms with Gasteiger partial charge in [-0.15, -0.1) is 0 Å². The summed E-state index contributed by atoms with van der Waals surface area (Å²) in [5.41, 5.74) is 2.93. The van der Waals surface area contributed by atoms with E-state index < -0.39 is 6.10 Å². The molecule has 128 valence electrons. The molecule has 0 radical (unpaired) electrons. The molecule has 1 N–H and O–H groups in total. The van der Waals surface area contributed by atoms with E-state index in [1.807, 2.05) is 75.4 Å². The van der Waals surface area contributed by atoms with Gasteiger partial charge < -0.3 is 10.1 Å². The van der Waals surface area contributed by atoms with Crippen molar-refractivity contribution in [1.82, 2.24) is 0 Å². The largest absolute Gasteiger partial charge is 0.480 e. The molecule has 0 aliphatic rings. The first-order valence-corrected chi connectivity index (χ1v) is 8.60. The van der Waals surface area contributed by atoms with E-state index in [4.69, 9.17) is 4.74 Å². The van der Waals surface area contributed by atoms with E-state index in [2.05, 4.69) is 11.4 Å². The number of carbonyl (C=O) groups excluding carboxylic acids is 1. The molecule has 3 rings (SSSR count). The highest BCUT2D eigenvalue weighted by Crippen LogP contribution is 2.23. The van der Waals surface area contributed by atoms with Gasteiger partial charge >= 0.3 is 0 Å². The third-order valence-electron chi connectivity index (χ3n) is 4.29. The van der Waals surface area contributed by atoms with Crippen LogP contribution in [0.15, 0.2) is 60.7 Å². The van der Waals surface area contributed by atoms with Gasteiger partial charge in [0.15, 0.2) is 6.10 Å².